The second kappa shape index (κ2) is 3.67. The first kappa shape index (κ1) is 8.69. The fourth-order valence-corrected chi connectivity index (χ4v) is 1.29. The van der Waals surface area contributed by atoms with E-state index in [0.717, 1.165) is 5.92 Å². The maximum atomic E-state index is 2.33. The molecule has 2 unspecified atom stereocenters. The van der Waals surface area contributed by atoms with Gasteiger partial charge >= 0.3 is 0 Å². The maximum absolute atomic E-state index is 2.33. The number of hydrogen-bond donors (Lipinski definition) is 1. The molecular weight excluding hydrogens is 213 g/mol. The first-order chi connectivity index (χ1) is 3.29. The van der Waals surface area contributed by atoms with E-state index in [1.165, 1.54) is 19.5 Å². The van der Waals surface area contributed by atoms with Crippen LogP contribution in [0.5, 0.6) is 0 Å². The average molecular weight is 227 g/mol. The third-order valence-electron chi connectivity index (χ3n) is 1.76. The summed E-state index contributed by atoms with van der Waals surface area (Å²) in [5, 5.41) is 0. The largest absolute Gasteiger partial charge is 1.00 e. The smallest absolute Gasteiger partial charge is 0.0797 e. The summed E-state index contributed by atoms with van der Waals surface area (Å²) in [6.07, 6.45) is 1.44. The Morgan fingerprint density at radius 1 is 1.50 bits per heavy atom. The van der Waals surface area contributed by atoms with E-state index in [1.54, 1.807) is 4.90 Å². The van der Waals surface area contributed by atoms with E-state index in [-0.39, 0.29) is 24.0 Å². The van der Waals surface area contributed by atoms with Crippen LogP contribution in [0.15, 0.2) is 0 Å². The van der Waals surface area contributed by atoms with Crippen LogP contribution in [0, 0.1) is 5.92 Å². The van der Waals surface area contributed by atoms with E-state index < -0.39 is 0 Å². The average Bonchev–Trinajstić information content (AvgIpc) is 1.87. The number of quaternary nitrogens is 1. The minimum absolute atomic E-state index is 0. The van der Waals surface area contributed by atoms with Gasteiger partial charge in [-0.3, -0.25) is 0 Å². The van der Waals surface area contributed by atoms with Gasteiger partial charge in [0.05, 0.1) is 20.1 Å². The lowest BCUT2D eigenvalue weighted by molar-refractivity contribution is -0.867. The quantitative estimate of drug-likeness (QED) is 0.410. The summed E-state index contributed by atoms with van der Waals surface area (Å²) in [7, 11) is 2.27. The van der Waals surface area contributed by atoms with Gasteiger partial charge in [0, 0.05) is 12.3 Å². The van der Waals surface area contributed by atoms with Crippen molar-refractivity contribution in [2.45, 2.75) is 13.3 Å². The molecule has 50 valence electrons. The van der Waals surface area contributed by atoms with Crippen molar-refractivity contribution in [3.63, 3.8) is 0 Å². The van der Waals surface area contributed by atoms with Gasteiger partial charge in [-0.2, -0.15) is 0 Å². The zero-order valence-corrected chi connectivity index (χ0v) is 7.73. The molecule has 0 bridgehead atoms. The fraction of sp³-hybridized carbons (Fsp3) is 1.00. The van der Waals surface area contributed by atoms with Crippen LogP contribution in [0.1, 0.15) is 13.3 Å². The standard InChI is InChI=1S/C6H13N.HI/c1-6-3-4-7(2)5-6;/h6H,3-5H2,1-2H3;1H. The molecular formula is C6H14IN. The van der Waals surface area contributed by atoms with E-state index in [2.05, 4.69) is 14.0 Å². The van der Waals surface area contributed by atoms with Gasteiger partial charge in [0.25, 0.3) is 0 Å². The molecule has 1 fully saturated rings. The number of likely N-dealkylation sites (tertiary alicyclic amines) is 1. The van der Waals surface area contributed by atoms with Crippen LogP contribution in [0.2, 0.25) is 0 Å². The summed E-state index contributed by atoms with van der Waals surface area (Å²) in [6.45, 7) is 5.11. The lowest BCUT2D eigenvalue weighted by Gasteiger charge is -2.00. The minimum atomic E-state index is 0. The molecule has 2 heteroatoms. The highest BCUT2D eigenvalue weighted by Gasteiger charge is 2.17. The SMILES string of the molecule is CC1CC[NH+](C)C1.[I-]. The van der Waals surface area contributed by atoms with Crippen molar-refractivity contribution in [2.24, 2.45) is 5.92 Å². The Morgan fingerprint density at radius 2 is 2.12 bits per heavy atom. The van der Waals surface area contributed by atoms with Gasteiger partial charge in [-0.1, -0.05) is 6.92 Å². The summed E-state index contributed by atoms with van der Waals surface area (Å²) >= 11 is 0. The molecule has 0 aromatic heterocycles. The monoisotopic (exact) mass is 227 g/mol. The summed E-state index contributed by atoms with van der Waals surface area (Å²) in [5.41, 5.74) is 0. The van der Waals surface area contributed by atoms with Crippen LogP contribution in [0.25, 0.3) is 0 Å². The first-order valence-corrected chi connectivity index (χ1v) is 3.10. The first-order valence-electron chi connectivity index (χ1n) is 3.10. The lowest BCUT2D eigenvalue weighted by Crippen LogP contribution is -3.07. The van der Waals surface area contributed by atoms with Gasteiger partial charge in [-0.25, -0.2) is 0 Å². The normalized spacial score (nSPS) is 36.8. The molecule has 1 aliphatic rings. The Hall–Kier alpha value is 0.690. The second-order valence-electron chi connectivity index (χ2n) is 2.81. The predicted molar refractivity (Wildman–Crippen MR) is 30.4 cm³/mol. The van der Waals surface area contributed by atoms with Crippen LogP contribution in [0.4, 0.5) is 0 Å². The van der Waals surface area contributed by atoms with Crippen LogP contribution in [-0.4, -0.2) is 20.1 Å². The summed E-state index contributed by atoms with van der Waals surface area (Å²) in [6, 6.07) is 0. The van der Waals surface area contributed by atoms with Crippen molar-refractivity contribution in [3.05, 3.63) is 0 Å². The molecule has 1 rings (SSSR count). The minimum Gasteiger partial charge on any atom is -1.00 e. The van der Waals surface area contributed by atoms with Crippen LogP contribution in [-0.2, 0) is 0 Å². The highest BCUT2D eigenvalue weighted by molar-refractivity contribution is 4.53. The van der Waals surface area contributed by atoms with Crippen LogP contribution in [0.3, 0.4) is 0 Å². The summed E-state index contributed by atoms with van der Waals surface area (Å²) in [5.74, 6) is 0.986. The molecule has 1 aliphatic heterocycles. The molecule has 2 atom stereocenters. The van der Waals surface area contributed by atoms with Gasteiger partial charge in [-0.05, 0) is 0 Å². The Labute approximate surface area is 68.5 Å². The van der Waals surface area contributed by atoms with Gasteiger partial charge in [0.1, 0.15) is 0 Å². The Morgan fingerprint density at radius 3 is 2.25 bits per heavy atom. The van der Waals surface area contributed by atoms with E-state index in [9.17, 15) is 0 Å². The maximum Gasteiger partial charge on any atom is 0.0797 e. The molecule has 0 aromatic carbocycles. The van der Waals surface area contributed by atoms with Crippen LogP contribution >= 0.6 is 0 Å². The van der Waals surface area contributed by atoms with Gasteiger partial charge < -0.3 is 28.9 Å². The zero-order valence-electron chi connectivity index (χ0n) is 5.58. The van der Waals surface area contributed by atoms with Gasteiger partial charge in [-0.15, -0.1) is 0 Å². The molecule has 1 saturated heterocycles. The molecule has 0 spiro atoms. The molecule has 0 aromatic rings. The third-order valence-corrected chi connectivity index (χ3v) is 1.76. The van der Waals surface area contributed by atoms with Crippen molar-refractivity contribution in [3.8, 4) is 0 Å². The third kappa shape index (κ3) is 2.31. The Kier molecular flexibility index (Phi) is 3.98. The number of halogens is 1. The molecule has 1 heterocycles. The highest BCUT2D eigenvalue weighted by atomic mass is 127. The molecule has 8 heavy (non-hydrogen) atoms. The van der Waals surface area contributed by atoms with Crippen molar-refractivity contribution in [1.29, 1.82) is 0 Å². The summed E-state index contributed by atoms with van der Waals surface area (Å²) < 4.78 is 0. The summed E-state index contributed by atoms with van der Waals surface area (Å²) in [4.78, 5) is 1.70. The van der Waals surface area contributed by atoms with E-state index in [1.807, 2.05) is 0 Å². The number of hydrogen-bond acceptors (Lipinski definition) is 0. The van der Waals surface area contributed by atoms with Crippen molar-refractivity contribution >= 4 is 0 Å². The van der Waals surface area contributed by atoms with Crippen molar-refractivity contribution in [2.75, 3.05) is 20.1 Å². The van der Waals surface area contributed by atoms with Gasteiger partial charge in [0.2, 0.25) is 0 Å². The highest BCUT2D eigenvalue weighted by Crippen LogP contribution is 1.99. The molecule has 0 aliphatic carbocycles. The van der Waals surface area contributed by atoms with E-state index in [0.29, 0.717) is 0 Å². The Balaban J connectivity index is 0.000000490. The topological polar surface area (TPSA) is 4.44 Å². The van der Waals surface area contributed by atoms with Crippen molar-refractivity contribution in [1.82, 2.24) is 0 Å². The molecule has 1 N–H and O–H groups in total. The van der Waals surface area contributed by atoms with E-state index in [4.69, 9.17) is 0 Å². The van der Waals surface area contributed by atoms with Crippen LogP contribution < -0.4 is 28.9 Å². The molecule has 1 nitrogen and oxygen atoms in total. The molecule has 0 saturated carbocycles. The Bertz CT molecular complexity index is 57.5. The van der Waals surface area contributed by atoms with Crippen molar-refractivity contribution < 1.29 is 28.9 Å². The predicted octanol–water partition coefficient (Wildman–Crippen LogP) is -3.46. The number of nitrogens with one attached hydrogen (secondary N) is 1. The van der Waals surface area contributed by atoms with E-state index >= 15 is 0 Å². The second-order valence-corrected chi connectivity index (χ2v) is 2.81. The van der Waals surface area contributed by atoms with Gasteiger partial charge in [0.15, 0.2) is 0 Å². The molecule has 0 radical (unpaired) electrons. The zero-order chi connectivity index (χ0) is 5.28. The lowest BCUT2D eigenvalue weighted by atomic mass is 10.2. The molecule has 0 amide bonds. The fourth-order valence-electron chi connectivity index (χ4n) is 1.29. The number of rotatable bonds is 0.